The molecule has 1 N–H and O–H groups in total. The van der Waals surface area contributed by atoms with Crippen molar-refractivity contribution >= 4 is 0 Å². The van der Waals surface area contributed by atoms with Crippen LogP contribution in [0.1, 0.15) is 32.5 Å². The number of aromatic nitrogens is 3. The average molecular weight is 236 g/mol. The summed E-state index contributed by atoms with van der Waals surface area (Å²) in [6, 6.07) is 0. The molecule has 0 aliphatic heterocycles. The molecule has 0 saturated heterocycles. The van der Waals surface area contributed by atoms with Crippen LogP contribution in [0.4, 0.5) is 0 Å². The summed E-state index contributed by atoms with van der Waals surface area (Å²) < 4.78 is 2.08. The van der Waals surface area contributed by atoms with Crippen molar-refractivity contribution in [1.82, 2.24) is 20.1 Å². The van der Waals surface area contributed by atoms with Gasteiger partial charge in [-0.25, -0.2) is 9.67 Å². The van der Waals surface area contributed by atoms with Gasteiger partial charge in [-0.15, -0.1) is 0 Å². The van der Waals surface area contributed by atoms with Crippen molar-refractivity contribution in [2.45, 2.75) is 39.7 Å². The van der Waals surface area contributed by atoms with E-state index in [1.54, 1.807) is 6.33 Å². The molecule has 1 fully saturated rings. The fourth-order valence-electron chi connectivity index (χ4n) is 2.62. The Hall–Kier alpha value is -0.900. The van der Waals surface area contributed by atoms with Gasteiger partial charge in [0.15, 0.2) is 0 Å². The summed E-state index contributed by atoms with van der Waals surface area (Å²) in [6.45, 7) is 6.57. The van der Waals surface area contributed by atoms with Gasteiger partial charge in [0.05, 0.1) is 0 Å². The normalized spacial score (nSPS) is 24.0. The maximum Gasteiger partial charge on any atom is 0.138 e. The fourth-order valence-corrected chi connectivity index (χ4v) is 2.62. The van der Waals surface area contributed by atoms with E-state index in [-0.39, 0.29) is 0 Å². The molecule has 4 nitrogen and oxygen atoms in total. The van der Waals surface area contributed by atoms with E-state index >= 15 is 0 Å². The smallest absolute Gasteiger partial charge is 0.138 e. The third-order valence-electron chi connectivity index (χ3n) is 3.72. The van der Waals surface area contributed by atoms with Crippen LogP contribution in [0.15, 0.2) is 6.33 Å². The highest BCUT2D eigenvalue weighted by Gasteiger charge is 2.31. The molecule has 4 heteroatoms. The summed E-state index contributed by atoms with van der Waals surface area (Å²) in [5, 5.41) is 7.61. The molecule has 17 heavy (non-hydrogen) atoms. The molecule has 2 atom stereocenters. The van der Waals surface area contributed by atoms with E-state index in [0.29, 0.717) is 5.92 Å². The zero-order chi connectivity index (χ0) is 12.3. The van der Waals surface area contributed by atoms with E-state index in [4.69, 9.17) is 0 Å². The standard InChI is InChI=1S/C13H24N4/c1-10(2)8-17-13(15-9-16-17)6-11-4-5-12(11)7-14-3/h9-12,14H,4-8H2,1-3H3. The lowest BCUT2D eigenvalue weighted by atomic mass is 9.72. The molecule has 0 bridgehead atoms. The summed E-state index contributed by atoms with van der Waals surface area (Å²) in [5.74, 6) is 3.44. The van der Waals surface area contributed by atoms with Gasteiger partial charge in [-0.05, 0) is 44.2 Å². The van der Waals surface area contributed by atoms with E-state index in [2.05, 4.69) is 33.9 Å². The van der Waals surface area contributed by atoms with Crippen LogP contribution in [-0.4, -0.2) is 28.4 Å². The molecular formula is C13H24N4. The van der Waals surface area contributed by atoms with Gasteiger partial charge in [0, 0.05) is 13.0 Å². The molecule has 0 radical (unpaired) electrons. The van der Waals surface area contributed by atoms with Gasteiger partial charge in [0.2, 0.25) is 0 Å². The predicted molar refractivity (Wildman–Crippen MR) is 68.7 cm³/mol. The first-order chi connectivity index (χ1) is 8.20. The second-order valence-electron chi connectivity index (χ2n) is 5.61. The molecule has 1 saturated carbocycles. The van der Waals surface area contributed by atoms with Crippen molar-refractivity contribution < 1.29 is 0 Å². The first-order valence-corrected chi connectivity index (χ1v) is 6.72. The molecule has 1 heterocycles. The van der Waals surface area contributed by atoms with E-state index in [1.165, 1.54) is 18.7 Å². The lowest BCUT2D eigenvalue weighted by molar-refractivity contribution is 0.169. The number of hydrogen-bond acceptors (Lipinski definition) is 3. The van der Waals surface area contributed by atoms with Gasteiger partial charge in [-0.3, -0.25) is 0 Å². The highest BCUT2D eigenvalue weighted by Crippen LogP contribution is 2.35. The lowest BCUT2D eigenvalue weighted by Crippen LogP contribution is -2.35. The van der Waals surface area contributed by atoms with Crippen molar-refractivity contribution in [2.75, 3.05) is 13.6 Å². The van der Waals surface area contributed by atoms with Crippen molar-refractivity contribution in [3.8, 4) is 0 Å². The topological polar surface area (TPSA) is 42.7 Å². The Kier molecular flexibility index (Phi) is 4.15. The SMILES string of the molecule is CNCC1CCC1Cc1ncnn1CC(C)C. The van der Waals surface area contributed by atoms with Crippen LogP contribution in [-0.2, 0) is 13.0 Å². The summed E-state index contributed by atoms with van der Waals surface area (Å²) in [6.07, 6.45) is 5.51. The zero-order valence-corrected chi connectivity index (χ0v) is 11.2. The number of rotatable bonds is 6. The van der Waals surface area contributed by atoms with Crippen LogP contribution in [0.2, 0.25) is 0 Å². The van der Waals surface area contributed by atoms with Crippen molar-refractivity contribution in [1.29, 1.82) is 0 Å². The van der Waals surface area contributed by atoms with Crippen LogP contribution in [0.3, 0.4) is 0 Å². The summed E-state index contributed by atoms with van der Waals surface area (Å²) in [7, 11) is 2.04. The quantitative estimate of drug-likeness (QED) is 0.818. The molecule has 1 aliphatic carbocycles. The average Bonchev–Trinajstić information content (AvgIpc) is 2.67. The molecule has 96 valence electrons. The van der Waals surface area contributed by atoms with Crippen molar-refractivity contribution in [3.05, 3.63) is 12.2 Å². The zero-order valence-electron chi connectivity index (χ0n) is 11.2. The van der Waals surface area contributed by atoms with Gasteiger partial charge >= 0.3 is 0 Å². The molecule has 0 amide bonds. The monoisotopic (exact) mass is 236 g/mol. The van der Waals surface area contributed by atoms with Crippen molar-refractivity contribution in [3.63, 3.8) is 0 Å². The van der Waals surface area contributed by atoms with Gasteiger partial charge in [-0.1, -0.05) is 13.8 Å². The molecule has 2 rings (SSSR count). The van der Waals surface area contributed by atoms with Gasteiger partial charge < -0.3 is 5.32 Å². The molecule has 2 unspecified atom stereocenters. The second kappa shape index (κ2) is 5.63. The highest BCUT2D eigenvalue weighted by atomic mass is 15.3. The van der Waals surface area contributed by atoms with Crippen LogP contribution in [0, 0.1) is 17.8 Å². The minimum Gasteiger partial charge on any atom is -0.319 e. The molecule has 1 aromatic rings. The third-order valence-corrected chi connectivity index (χ3v) is 3.72. The Morgan fingerprint density at radius 3 is 2.76 bits per heavy atom. The highest BCUT2D eigenvalue weighted by molar-refractivity contribution is 4.93. The molecule has 1 aliphatic rings. The Morgan fingerprint density at radius 1 is 1.41 bits per heavy atom. The van der Waals surface area contributed by atoms with E-state index < -0.39 is 0 Å². The van der Waals surface area contributed by atoms with Gasteiger partial charge in [0.1, 0.15) is 12.2 Å². The minimum atomic E-state index is 0.630. The first-order valence-electron chi connectivity index (χ1n) is 6.72. The lowest BCUT2D eigenvalue weighted by Gasteiger charge is -2.36. The van der Waals surface area contributed by atoms with Gasteiger partial charge in [0.25, 0.3) is 0 Å². The van der Waals surface area contributed by atoms with Gasteiger partial charge in [-0.2, -0.15) is 5.10 Å². The maximum absolute atomic E-state index is 4.42. The fraction of sp³-hybridized carbons (Fsp3) is 0.846. The van der Waals surface area contributed by atoms with Crippen LogP contribution in [0.5, 0.6) is 0 Å². The van der Waals surface area contributed by atoms with E-state index in [0.717, 1.165) is 31.3 Å². The minimum absolute atomic E-state index is 0.630. The van der Waals surface area contributed by atoms with Crippen LogP contribution >= 0.6 is 0 Å². The number of nitrogens with zero attached hydrogens (tertiary/aromatic N) is 3. The largest absolute Gasteiger partial charge is 0.319 e. The Labute approximate surface area is 104 Å². The summed E-state index contributed by atoms with van der Waals surface area (Å²) >= 11 is 0. The third kappa shape index (κ3) is 3.06. The van der Waals surface area contributed by atoms with Crippen LogP contribution < -0.4 is 5.32 Å². The molecule has 0 aromatic carbocycles. The predicted octanol–water partition coefficient (Wildman–Crippen LogP) is 1.72. The molecular weight excluding hydrogens is 212 g/mol. The number of hydrogen-bond donors (Lipinski definition) is 1. The summed E-state index contributed by atoms with van der Waals surface area (Å²) in [4.78, 5) is 4.42. The Morgan fingerprint density at radius 2 is 2.18 bits per heavy atom. The second-order valence-corrected chi connectivity index (χ2v) is 5.61. The van der Waals surface area contributed by atoms with E-state index in [1.807, 2.05) is 7.05 Å². The molecule has 0 spiro atoms. The maximum atomic E-state index is 4.42. The summed E-state index contributed by atoms with van der Waals surface area (Å²) in [5.41, 5.74) is 0. The number of nitrogens with one attached hydrogen (secondary N) is 1. The Balaban J connectivity index is 1.92. The molecule has 1 aromatic heterocycles. The Bertz CT molecular complexity index is 345. The van der Waals surface area contributed by atoms with Crippen molar-refractivity contribution in [2.24, 2.45) is 17.8 Å². The van der Waals surface area contributed by atoms with E-state index in [9.17, 15) is 0 Å². The first kappa shape index (κ1) is 12.6. The van der Waals surface area contributed by atoms with Crippen LogP contribution in [0.25, 0.3) is 0 Å².